The Morgan fingerprint density at radius 1 is 1.45 bits per heavy atom. The molecule has 0 aromatic carbocycles. The standard InChI is InChI=1S/C14H21N5O/c1-3-8-19-9-6-11(7-10-19)16-13-5-4-12(17-18-13)14(20)15-2/h3-5,11H,1,6-10H2,2H3,(H,15,20)(H,16,18). The molecule has 2 N–H and O–H groups in total. The number of likely N-dealkylation sites (tertiary alicyclic amines) is 1. The maximum Gasteiger partial charge on any atom is 0.271 e. The molecular formula is C14H21N5O. The zero-order valence-corrected chi connectivity index (χ0v) is 11.8. The molecule has 0 bridgehead atoms. The number of piperidine rings is 1. The van der Waals surface area contributed by atoms with E-state index in [1.807, 2.05) is 6.08 Å². The van der Waals surface area contributed by atoms with Crippen LogP contribution in [0.2, 0.25) is 0 Å². The van der Waals surface area contributed by atoms with Crippen LogP contribution in [0.25, 0.3) is 0 Å². The van der Waals surface area contributed by atoms with Crippen LogP contribution in [-0.2, 0) is 0 Å². The van der Waals surface area contributed by atoms with E-state index in [-0.39, 0.29) is 5.91 Å². The maximum absolute atomic E-state index is 11.4. The molecule has 1 fully saturated rings. The van der Waals surface area contributed by atoms with E-state index in [1.54, 1.807) is 19.2 Å². The van der Waals surface area contributed by atoms with Crippen LogP contribution in [0, 0.1) is 0 Å². The summed E-state index contributed by atoms with van der Waals surface area (Å²) in [7, 11) is 1.58. The Morgan fingerprint density at radius 3 is 2.75 bits per heavy atom. The summed E-state index contributed by atoms with van der Waals surface area (Å²) in [5.74, 6) is 0.501. The van der Waals surface area contributed by atoms with Gasteiger partial charge >= 0.3 is 0 Å². The smallest absolute Gasteiger partial charge is 0.271 e. The monoisotopic (exact) mass is 275 g/mol. The first kappa shape index (κ1) is 14.5. The predicted molar refractivity (Wildman–Crippen MR) is 78.7 cm³/mol. The summed E-state index contributed by atoms with van der Waals surface area (Å²) >= 11 is 0. The average molecular weight is 275 g/mol. The van der Waals surface area contributed by atoms with Crippen LogP contribution < -0.4 is 10.6 Å². The lowest BCUT2D eigenvalue weighted by Gasteiger charge is -2.31. The zero-order valence-electron chi connectivity index (χ0n) is 11.8. The largest absolute Gasteiger partial charge is 0.366 e. The Labute approximate surface area is 119 Å². The second kappa shape index (κ2) is 7.00. The van der Waals surface area contributed by atoms with Crippen molar-refractivity contribution < 1.29 is 4.79 Å². The molecule has 0 unspecified atom stereocenters. The van der Waals surface area contributed by atoms with Gasteiger partial charge in [-0.2, -0.15) is 0 Å². The fraction of sp³-hybridized carbons (Fsp3) is 0.500. The Morgan fingerprint density at radius 2 is 2.20 bits per heavy atom. The van der Waals surface area contributed by atoms with Gasteiger partial charge in [0.25, 0.3) is 5.91 Å². The van der Waals surface area contributed by atoms with Crippen molar-refractivity contribution in [1.29, 1.82) is 0 Å². The van der Waals surface area contributed by atoms with Crippen molar-refractivity contribution in [2.75, 3.05) is 32.0 Å². The minimum atomic E-state index is -0.221. The third kappa shape index (κ3) is 3.77. The van der Waals surface area contributed by atoms with Gasteiger partial charge in [0.2, 0.25) is 0 Å². The highest BCUT2D eigenvalue weighted by molar-refractivity contribution is 5.91. The van der Waals surface area contributed by atoms with Crippen LogP contribution >= 0.6 is 0 Å². The van der Waals surface area contributed by atoms with Crippen molar-refractivity contribution in [1.82, 2.24) is 20.4 Å². The number of carbonyl (C=O) groups excluding carboxylic acids is 1. The Bertz CT molecular complexity index is 451. The minimum absolute atomic E-state index is 0.221. The third-order valence-electron chi connectivity index (χ3n) is 3.45. The van der Waals surface area contributed by atoms with Gasteiger partial charge in [0.1, 0.15) is 5.82 Å². The van der Waals surface area contributed by atoms with Crippen molar-refractivity contribution in [2.45, 2.75) is 18.9 Å². The molecule has 1 aliphatic rings. The first-order chi connectivity index (χ1) is 9.72. The third-order valence-corrected chi connectivity index (χ3v) is 3.45. The van der Waals surface area contributed by atoms with Gasteiger partial charge in [-0.3, -0.25) is 9.69 Å². The number of anilines is 1. The fourth-order valence-electron chi connectivity index (χ4n) is 2.31. The van der Waals surface area contributed by atoms with Crippen LogP contribution in [0.15, 0.2) is 24.8 Å². The zero-order chi connectivity index (χ0) is 14.4. The van der Waals surface area contributed by atoms with Gasteiger partial charge in [-0.05, 0) is 25.0 Å². The molecule has 0 saturated carbocycles. The number of nitrogens with zero attached hydrogens (tertiary/aromatic N) is 3. The average Bonchev–Trinajstić information content (AvgIpc) is 2.49. The highest BCUT2D eigenvalue weighted by Crippen LogP contribution is 2.14. The molecule has 20 heavy (non-hydrogen) atoms. The number of nitrogens with one attached hydrogen (secondary N) is 2. The van der Waals surface area contributed by atoms with E-state index >= 15 is 0 Å². The molecular weight excluding hydrogens is 254 g/mol. The lowest BCUT2D eigenvalue weighted by molar-refractivity contribution is 0.0957. The molecule has 1 saturated heterocycles. The van der Waals surface area contributed by atoms with Gasteiger partial charge in [0.15, 0.2) is 5.69 Å². The van der Waals surface area contributed by atoms with Crippen molar-refractivity contribution >= 4 is 11.7 Å². The van der Waals surface area contributed by atoms with Crippen LogP contribution in [0.3, 0.4) is 0 Å². The Hall–Kier alpha value is -1.95. The predicted octanol–water partition coefficient (Wildman–Crippen LogP) is 0.898. The van der Waals surface area contributed by atoms with Gasteiger partial charge in [0.05, 0.1) is 0 Å². The highest BCUT2D eigenvalue weighted by atomic mass is 16.1. The van der Waals surface area contributed by atoms with Gasteiger partial charge in [-0.1, -0.05) is 6.08 Å². The molecule has 1 amide bonds. The molecule has 0 spiro atoms. The number of hydrogen-bond donors (Lipinski definition) is 2. The molecule has 2 rings (SSSR count). The van der Waals surface area contributed by atoms with E-state index < -0.39 is 0 Å². The molecule has 1 aromatic heterocycles. The van der Waals surface area contributed by atoms with Crippen molar-refractivity contribution in [3.8, 4) is 0 Å². The summed E-state index contributed by atoms with van der Waals surface area (Å²) in [5, 5.41) is 13.8. The molecule has 108 valence electrons. The molecule has 6 nitrogen and oxygen atoms in total. The quantitative estimate of drug-likeness (QED) is 0.781. The SMILES string of the molecule is C=CCN1CCC(Nc2ccc(C(=O)NC)nn2)CC1. The van der Waals surface area contributed by atoms with E-state index in [9.17, 15) is 4.79 Å². The Balaban J connectivity index is 1.85. The topological polar surface area (TPSA) is 70.2 Å². The van der Waals surface area contributed by atoms with Crippen LogP contribution in [0.5, 0.6) is 0 Å². The van der Waals surface area contributed by atoms with Gasteiger partial charge in [-0.25, -0.2) is 0 Å². The van der Waals surface area contributed by atoms with E-state index in [0.717, 1.165) is 38.3 Å². The molecule has 0 aliphatic carbocycles. The van der Waals surface area contributed by atoms with Gasteiger partial charge in [-0.15, -0.1) is 16.8 Å². The van der Waals surface area contributed by atoms with Crippen molar-refractivity contribution in [3.63, 3.8) is 0 Å². The van der Waals surface area contributed by atoms with E-state index in [1.165, 1.54) is 0 Å². The number of amides is 1. The number of carbonyl (C=O) groups is 1. The van der Waals surface area contributed by atoms with E-state index in [4.69, 9.17) is 0 Å². The summed E-state index contributed by atoms with van der Waals surface area (Å²) in [4.78, 5) is 13.7. The maximum atomic E-state index is 11.4. The van der Waals surface area contributed by atoms with E-state index in [0.29, 0.717) is 11.7 Å². The highest BCUT2D eigenvalue weighted by Gasteiger charge is 2.18. The molecule has 0 radical (unpaired) electrons. The van der Waals surface area contributed by atoms with Crippen LogP contribution in [-0.4, -0.2) is 53.7 Å². The normalized spacial score (nSPS) is 16.6. The van der Waals surface area contributed by atoms with E-state index in [2.05, 4.69) is 32.3 Å². The lowest BCUT2D eigenvalue weighted by atomic mass is 10.1. The van der Waals surface area contributed by atoms with Crippen LogP contribution in [0.4, 0.5) is 5.82 Å². The molecule has 0 atom stereocenters. The number of rotatable bonds is 5. The molecule has 2 heterocycles. The van der Waals surface area contributed by atoms with Crippen LogP contribution in [0.1, 0.15) is 23.3 Å². The Kier molecular flexibility index (Phi) is 5.06. The first-order valence-electron chi connectivity index (χ1n) is 6.88. The summed E-state index contributed by atoms with van der Waals surface area (Å²) in [5.41, 5.74) is 0.332. The minimum Gasteiger partial charge on any atom is -0.366 e. The lowest BCUT2D eigenvalue weighted by Crippen LogP contribution is -2.39. The summed E-state index contributed by atoms with van der Waals surface area (Å²) in [6.07, 6.45) is 4.09. The molecule has 1 aromatic rings. The van der Waals surface area contributed by atoms with Gasteiger partial charge in [0, 0.05) is 32.7 Å². The fourth-order valence-corrected chi connectivity index (χ4v) is 2.31. The van der Waals surface area contributed by atoms with Crippen molar-refractivity contribution in [3.05, 3.63) is 30.5 Å². The summed E-state index contributed by atoms with van der Waals surface area (Å²) in [6, 6.07) is 3.89. The summed E-state index contributed by atoms with van der Waals surface area (Å²) < 4.78 is 0. The number of aromatic nitrogens is 2. The van der Waals surface area contributed by atoms with Gasteiger partial charge < -0.3 is 10.6 Å². The van der Waals surface area contributed by atoms with Crippen molar-refractivity contribution in [2.24, 2.45) is 0 Å². The number of hydrogen-bond acceptors (Lipinski definition) is 5. The summed E-state index contributed by atoms with van der Waals surface area (Å²) in [6.45, 7) is 6.84. The first-order valence-corrected chi connectivity index (χ1v) is 6.88. The second-order valence-electron chi connectivity index (χ2n) is 4.89. The molecule has 6 heteroatoms. The molecule has 1 aliphatic heterocycles. The second-order valence-corrected chi connectivity index (χ2v) is 4.89.